The normalized spacial score (nSPS) is 22.5. The van der Waals surface area contributed by atoms with Gasteiger partial charge in [0.05, 0.1) is 10.5 Å². The Morgan fingerprint density at radius 2 is 1.96 bits per heavy atom. The Hall–Kier alpha value is -0.900. The van der Waals surface area contributed by atoms with Gasteiger partial charge in [-0.15, -0.1) is 12.4 Å². The van der Waals surface area contributed by atoms with Crippen molar-refractivity contribution in [2.75, 3.05) is 13.1 Å². The molecule has 1 aromatic rings. The second-order valence-electron chi connectivity index (χ2n) is 5.34. The molecule has 0 aromatic heterocycles. The molecule has 2 N–H and O–H groups in total. The van der Waals surface area contributed by atoms with Gasteiger partial charge in [-0.3, -0.25) is 0 Å². The van der Waals surface area contributed by atoms with Crippen LogP contribution in [0.2, 0.25) is 0 Å². The number of alkyl halides is 3. The fourth-order valence-electron chi connectivity index (χ4n) is 2.35. The Kier molecular flexibility index (Phi) is 6.42. The summed E-state index contributed by atoms with van der Waals surface area (Å²) in [5.74, 6) is -1.57. The Balaban J connectivity index is 0.00000264. The first kappa shape index (κ1) is 20.1. The molecule has 1 saturated heterocycles. The maximum absolute atomic E-state index is 13.5. The smallest absolute Gasteiger partial charge is 0.316 e. The average molecular weight is 377 g/mol. The number of hydrogen-bond acceptors (Lipinski definition) is 3. The van der Waals surface area contributed by atoms with Crippen molar-refractivity contribution in [2.24, 2.45) is 5.92 Å². The summed E-state index contributed by atoms with van der Waals surface area (Å²) < 4.78 is 77.8. The van der Waals surface area contributed by atoms with Crippen molar-refractivity contribution in [3.05, 3.63) is 29.6 Å². The van der Waals surface area contributed by atoms with E-state index in [1.807, 2.05) is 6.92 Å². The summed E-state index contributed by atoms with van der Waals surface area (Å²) in [7, 11) is -4.06. The van der Waals surface area contributed by atoms with Crippen molar-refractivity contribution in [1.82, 2.24) is 10.0 Å². The number of piperidine rings is 1. The lowest BCUT2D eigenvalue weighted by molar-refractivity contribution is -0.140. The predicted octanol–water partition coefficient (Wildman–Crippen LogP) is 2.54. The van der Waals surface area contributed by atoms with Crippen LogP contribution in [0.3, 0.4) is 0 Å². The van der Waals surface area contributed by atoms with Gasteiger partial charge in [0.15, 0.2) is 0 Å². The summed E-state index contributed by atoms with van der Waals surface area (Å²) in [4.78, 5) is -0.510. The summed E-state index contributed by atoms with van der Waals surface area (Å²) >= 11 is 0. The Morgan fingerprint density at radius 1 is 1.30 bits per heavy atom. The summed E-state index contributed by atoms with van der Waals surface area (Å²) in [5.41, 5.74) is -1.48. The van der Waals surface area contributed by atoms with Gasteiger partial charge in [-0.25, -0.2) is 17.5 Å². The van der Waals surface area contributed by atoms with Gasteiger partial charge in [-0.2, -0.15) is 13.2 Å². The van der Waals surface area contributed by atoms with E-state index in [1.54, 1.807) is 0 Å². The first-order chi connectivity index (χ1) is 10.1. The first-order valence-corrected chi connectivity index (χ1v) is 8.19. The number of halogens is 5. The van der Waals surface area contributed by atoms with Crippen LogP contribution in [-0.4, -0.2) is 27.5 Å². The minimum Gasteiger partial charge on any atom is -0.316 e. The van der Waals surface area contributed by atoms with E-state index in [2.05, 4.69) is 10.0 Å². The molecule has 4 nitrogen and oxygen atoms in total. The lowest BCUT2D eigenvalue weighted by atomic mass is 9.97. The third-order valence-corrected chi connectivity index (χ3v) is 5.14. The predicted molar refractivity (Wildman–Crippen MR) is 79.4 cm³/mol. The second-order valence-corrected chi connectivity index (χ2v) is 7.05. The van der Waals surface area contributed by atoms with Crippen LogP contribution in [0.15, 0.2) is 23.1 Å². The molecule has 0 spiro atoms. The van der Waals surface area contributed by atoms with Crippen LogP contribution < -0.4 is 10.0 Å². The third-order valence-electron chi connectivity index (χ3n) is 3.65. The highest BCUT2D eigenvalue weighted by Crippen LogP contribution is 2.32. The van der Waals surface area contributed by atoms with Crippen molar-refractivity contribution in [2.45, 2.75) is 30.5 Å². The maximum atomic E-state index is 13.5. The standard InChI is InChI=1S/C13H16F4N2O2S.ClH/c1-8-7-18-5-4-12(8)19-22(20,21)9-2-3-10(11(14)6-9)13(15,16)17;/h2-3,6,8,12,18-19H,4-5,7H2,1H3;1H. The number of benzene rings is 1. The molecule has 10 heteroatoms. The van der Waals surface area contributed by atoms with E-state index in [-0.39, 0.29) is 24.4 Å². The zero-order chi connectivity index (χ0) is 16.5. The van der Waals surface area contributed by atoms with Crippen LogP contribution in [0, 0.1) is 11.7 Å². The molecule has 2 unspecified atom stereocenters. The van der Waals surface area contributed by atoms with Crippen molar-refractivity contribution >= 4 is 22.4 Å². The average Bonchev–Trinajstić information content (AvgIpc) is 2.39. The topological polar surface area (TPSA) is 58.2 Å². The number of sulfonamides is 1. The van der Waals surface area contributed by atoms with Gasteiger partial charge in [0.25, 0.3) is 0 Å². The molecule has 1 aromatic carbocycles. The molecule has 2 rings (SSSR count). The van der Waals surface area contributed by atoms with Crippen molar-refractivity contribution < 1.29 is 26.0 Å². The van der Waals surface area contributed by atoms with E-state index in [0.717, 1.165) is 6.07 Å². The van der Waals surface area contributed by atoms with E-state index >= 15 is 0 Å². The van der Waals surface area contributed by atoms with Gasteiger partial charge in [0.1, 0.15) is 5.82 Å². The minimum absolute atomic E-state index is 0. The highest BCUT2D eigenvalue weighted by atomic mass is 35.5. The first-order valence-electron chi connectivity index (χ1n) is 6.71. The van der Waals surface area contributed by atoms with Crippen LogP contribution >= 0.6 is 12.4 Å². The molecule has 1 heterocycles. The van der Waals surface area contributed by atoms with E-state index < -0.39 is 32.5 Å². The molecule has 0 saturated carbocycles. The van der Waals surface area contributed by atoms with Gasteiger partial charge >= 0.3 is 6.18 Å². The highest BCUT2D eigenvalue weighted by Gasteiger charge is 2.35. The van der Waals surface area contributed by atoms with Crippen LogP contribution in [0.5, 0.6) is 0 Å². The SMILES string of the molecule is CC1CNCCC1NS(=O)(=O)c1ccc(C(F)(F)F)c(F)c1.Cl. The lowest BCUT2D eigenvalue weighted by Crippen LogP contribution is -2.48. The largest absolute Gasteiger partial charge is 0.419 e. The monoisotopic (exact) mass is 376 g/mol. The summed E-state index contributed by atoms with van der Waals surface area (Å²) in [6, 6.07) is 1.27. The summed E-state index contributed by atoms with van der Waals surface area (Å²) in [6.45, 7) is 3.13. The van der Waals surface area contributed by atoms with Gasteiger partial charge in [0, 0.05) is 6.04 Å². The number of hydrogen-bond donors (Lipinski definition) is 2. The zero-order valence-electron chi connectivity index (χ0n) is 12.2. The summed E-state index contributed by atoms with van der Waals surface area (Å²) in [5, 5.41) is 3.10. The van der Waals surface area contributed by atoms with Crippen LogP contribution in [0.1, 0.15) is 18.9 Å². The molecule has 0 radical (unpaired) electrons. The van der Waals surface area contributed by atoms with Gasteiger partial charge in [-0.05, 0) is 43.6 Å². The van der Waals surface area contributed by atoms with Crippen LogP contribution in [-0.2, 0) is 16.2 Å². The molecule has 132 valence electrons. The lowest BCUT2D eigenvalue weighted by Gasteiger charge is -2.30. The van der Waals surface area contributed by atoms with E-state index in [0.29, 0.717) is 31.6 Å². The van der Waals surface area contributed by atoms with Crippen molar-refractivity contribution in [3.8, 4) is 0 Å². The van der Waals surface area contributed by atoms with E-state index in [1.165, 1.54) is 0 Å². The Morgan fingerprint density at radius 3 is 2.48 bits per heavy atom. The fourth-order valence-corrected chi connectivity index (χ4v) is 3.74. The van der Waals surface area contributed by atoms with Gasteiger partial charge in [0.2, 0.25) is 10.0 Å². The van der Waals surface area contributed by atoms with Gasteiger partial charge < -0.3 is 5.32 Å². The molecule has 0 aliphatic carbocycles. The molecule has 1 aliphatic rings. The zero-order valence-corrected chi connectivity index (χ0v) is 13.8. The Labute approximate surface area is 138 Å². The second kappa shape index (κ2) is 7.33. The highest BCUT2D eigenvalue weighted by molar-refractivity contribution is 7.89. The molecule has 2 atom stereocenters. The van der Waals surface area contributed by atoms with Crippen molar-refractivity contribution in [1.29, 1.82) is 0 Å². The molecule has 0 amide bonds. The van der Waals surface area contributed by atoms with Crippen LogP contribution in [0.4, 0.5) is 17.6 Å². The van der Waals surface area contributed by atoms with E-state index in [9.17, 15) is 26.0 Å². The van der Waals surface area contributed by atoms with E-state index in [4.69, 9.17) is 0 Å². The molecule has 1 fully saturated rings. The fraction of sp³-hybridized carbons (Fsp3) is 0.538. The molecule has 0 bridgehead atoms. The molecule has 1 aliphatic heterocycles. The summed E-state index contributed by atoms with van der Waals surface area (Å²) in [6.07, 6.45) is -4.30. The van der Waals surface area contributed by atoms with Crippen molar-refractivity contribution in [3.63, 3.8) is 0 Å². The molecular formula is C13H17ClF4N2O2S. The Bertz CT molecular complexity index is 652. The molecule has 23 heavy (non-hydrogen) atoms. The maximum Gasteiger partial charge on any atom is 0.419 e. The number of rotatable bonds is 3. The number of nitrogens with one attached hydrogen (secondary N) is 2. The quantitative estimate of drug-likeness (QED) is 0.797. The van der Waals surface area contributed by atoms with Gasteiger partial charge in [-0.1, -0.05) is 6.92 Å². The third kappa shape index (κ3) is 4.79. The minimum atomic E-state index is -4.86. The molecular weight excluding hydrogens is 360 g/mol. The van der Waals surface area contributed by atoms with Crippen LogP contribution in [0.25, 0.3) is 0 Å².